The van der Waals surface area contributed by atoms with E-state index >= 15 is 0 Å². The standard InChI is InChI=1S/C16H17N3O4/c1-11(17-13-8-4-6-10-15(13)23-2)16(20)18-12-7-3-5-9-14(12)19(21)22/h3-11,17H,1-2H3,(H,18,20)/t11-/m0/s1. The van der Waals surface area contributed by atoms with Gasteiger partial charge in [-0.1, -0.05) is 24.3 Å². The number of amides is 1. The number of para-hydroxylation sites is 4. The van der Waals surface area contributed by atoms with Crippen LogP contribution in [0.1, 0.15) is 6.92 Å². The highest BCUT2D eigenvalue weighted by Crippen LogP contribution is 2.25. The van der Waals surface area contributed by atoms with Crippen LogP contribution in [0.5, 0.6) is 5.75 Å². The fraction of sp³-hybridized carbons (Fsp3) is 0.188. The second kappa shape index (κ2) is 7.26. The first-order chi connectivity index (χ1) is 11.0. The molecule has 0 aliphatic carbocycles. The monoisotopic (exact) mass is 315 g/mol. The van der Waals surface area contributed by atoms with Gasteiger partial charge in [-0.2, -0.15) is 0 Å². The molecule has 0 radical (unpaired) electrons. The summed E-state index contributed by atoms with van der Waals surface area (Å²) in [5.74, 6) is 0.225. The van der Waals surface area contributed by atoms with E-state index in [0.717, 1.165) is 0 Å². The Morgan fingerprint density at radius 2 is 1.74 bits per heavy atom. The zero-order valence-electron chi connectivity index (χ0n) is 12.8. The minimum Gasteiger partial charge on any atom is -0.495 e. The van der Waals surface area contributed by atoms with Crippen molar-refractivity contribution < 1.29 is 14.5 Å². The minimum absolute atomic E-state index is 0.148. The van der Waals surface area contributed by atoms with Crippen LogP contribution < -0.4 is 15.4 Å². The topological polar surface area (TPSA) is 93.5 Å². The van der Waals surface area contributed by atoms with Crippen molar-refractivity contribution in [3.05, 3.63) is 58.6 Å². The molecule has 7 nitrogen and oxygen atoms in total. The maximum absolute atomic E-state index is 12.3. The van der Waals surface area contributed by atoms with Crippen molar-refractivity contribution >= 4 is 23.0 Å². The molecular weight excluding hydrogens is 298 g/mol. The second-order valence-corrected chi connectivity index (χ2v) is 4.83. The maximum atomic E-state index is 12.3. The van der Waals surface area contributed by atoms with Gasteiger partial charge in [0.05, 0.1) is 17.7 Å². The number of benzene rings is 2. The van der Waals surface area contributed by atoms with Gasteiger partial charge in [-0.25, -0.2) is 0 Å². The summed E-state index contributed by atoms with van der Waals surface area (Å²) in [6.07, 6.45) is 0. The Labute approximate surface area is 133 Å². The molecule has 0 spiro atoms. The van der Waals surface area contributed by atoms with Crippen molar-refractivity contribution in [2.24, 2.45) is 0 Å². The number of methoxy groups -OCH3 is 1. The zero-order chi connectivity index (χ0) is 16.8. The van der Waals surface area contributed by atoms with Gasteiger partial charge < -0.3 is 15.4 Å². The van der Waals surface area contributed by atoms with Crippen molar-refractivity contribution in [3.63, 3.8) is 0 Å². The highest BCUT2D eigenvalue weighted by Gasteiger charge is 2.19. The summed E-state index contributed by atoms with van der Waals surface area (Å²) in [5.41, 5.74) is 0.682. The predicted octanol–water partition coefficient (Wildman–Crippen LogP) is 3.04. The highest BCUT2D eigenvalue weighted by atomic mass is 16.6. The Morgan fingerprint density at radius 3 is 2.39 bits per heavy atom. The predicted molar refractivity (Wildman–Crippen MR) is 87.8 cm³/mol. The summed E-state index contributed by atoms with van der Waals surface area (Å²) in [4.78, 5) is 22.7. The van der Waals surface area contributed by atoms with Crippen LogP contribution in [0.15, 0.2) is 48.5 Å². The lowest BCUT2D eigenvalue weighted by atomic mass is 10.2. The molecule has 7 heteroatoms. The molecule has 2 aromatic rings. The number of hydrogen-bond donors (Lipinski definition) is 2. The molecule has 0 heterocycles. The molecule has 2 aromatic carbocycles. The van der Waals surface area contributed by atoms with Crippen LogP contribution in [0.2, 0.25) is 0 Å². The quantitative estimate of drug-likeness (QED) is 0.631. The van der Waals surface area contributed by atoms with Crippen LogP contribution in [-0.2, 0) is 4.79 Å². The lowest BCUT2D eigenvalue weighted by molar-refractivity contribution is -0.383. The number of nitro benzene ring substituents is 1. The van der Waals surface area contributed by atoms with E-state index in [1.54, 1.807) is 38.3 Å². The molecule has 0 unspecified atom stereocenters. The molecule has 0 saturated heterocycles. The largest absolute Gasteiger partial charge is 0.495 e. The van der Waals surface area contributed by atoms with E-state index in [1.165, 1.54) is 12.1 Å². The van der Waals surface area contributed by atoms with E-state index < -0.39 is 11.0 Å². The van der Waals surface area contributed by atoms with Gasteiger partial charge in [-0.3, -0.25) is 14.9 Å². The first kappa shape index (κ1) is 16.3. The van der Waals surface area contributed by atoms with Gasteiger partial charge in [0, 0.05) is 6.07 Å². The summed E-state index contributed by atoms with van der Waals surface area (Å²) < 4.78 is 5.21. The number of nitrogens with zero attached hydrogens (tertiary/aromatic N) is 1. The first-order valence-corrected chi connectivity index (χ1v) is 6.96. The molecule has 2 rings (SSSR count). The molecule has 0 aromatic heterocycles. The van der Waals surface area contributed by atoms with Gasteiger partial charge in [0.15, 0.2) is 0 Å². The molecule has 1 atom stereocenters. The molecule has 1 amide bonds. The molecule has 0 aliphatic rings. The number of rotatable bonds is 6. The molecule has 23 heavy (non-hydrogen) atoms. The summed E-state index contributed by atoms with van der Waals surface area (Å²) in [7, 11) is 1.54. The smallest absolute Gasteiger partial charge is 0.292 e. The van der Waals surface area contributed by atoms with Crippen LogP contribution in [0, 0.1) is 10.1 Å². The van der Waals surface area contributed by atoms with Gasteiger partial charge in [-0.15, -0.1) is 0 Å². The van der Waals surface area contributed by atoms with E-state index in [0.29, 0.717) is 11.4 Å². The molecule has 0 saturated carbocycles. The van der Waals surface area contributed by atoms with Crippen molar-refractivity contribution in [1.82, 2.24) is 0 Å². The van der Waals surface area contributed by atoms with Crippen LogP contribution in [0.3, 0.4) is 0 Å². The SMILES string of the molecule is COc1ccccc1N[C@@H](C)C(=O)Nc1ccccc1[N+](=O)[O-]. The Bertz CT molecular complexity index is 718. The van der Waals surface area contributed by atoms with Crippen LogP contribution >= 0.6 is 0 Å². The van der Waals surface area contributed by atoms with Gasteiger partial charge in [0.25, 0.3) is 5.69 Å². The molecular formula is C16H17N3O4. The van der Waals surface area contributed by atoms with E-state index in [1.807, 2.05) is 12.1 Å². The Morgan fingerprint density at radius 1 is 1.13 bits per heavy atom. The van der Waals surface area contributed by atoms with Crippen molar-refractivity contribution in [2.75, 3.05) is 17.7 Å². The lowest BCUT2D eigenvalue weighted by Gasteiger charge is -2.17. The fourth-order valence-electron chi connectivity index (χ4n) is 2.04. The van der Waals surface area contributed by atoms with Gasteiger partial charge >= 0.3 is 0 Å². The summed E-state index contributed by atoms with van der Waals surface area (Å²) in [5, 5.41) is 16.6. The van der Waals surface area contributed by atoms with E-state index in [-0.39, 0.29) is 17.3 Å². The number of nitro groups is 1. The normalized spacial score (nSPS) is 11.4. The van der Waals surface area contributed by atoms with Crippen LogP contribution in [0.4, 0.5) is 17.1 Å². The summed E-state index contributed by atoms with van der Waals surface area (Å²) in [6, 6.07) is 12.6. The second-order valence-electron chi connectivity index (χ2n) is 4.83. The number of nitrogens with one attached hydrogen (secondary N) is 2. The highest BCUT2D eigenvalue weighted by molar-refractivity contribution is 5.98. The van der Waals surface area contributed by atoms with Gasteiger partial charge in [0.2, 0.25) is 5.91 Å². The third-order valence-corrected chi connectivity index (χ3v) is 3.23. The molecule has 0 fully saturated rings. The average Bonchev–Trinajstić information content (AvgIpc) is 2.55. The Balaban J connectivity index is 2.10. The van der Waals surface area contributed by atoms with Gasteiger partial charge in [0.1, 0.15) is 17.5 Å². The van der Waals surface area contributed by atoms with Gasteiger partial charge in [-0.05, 0) is 25.1 Å². The lowest BCUT2D eigenvalue weighted by Crippen LogP contribution is -2.32. The van der Waals surface area contributed by atoms with Crippen molar-refractivity contribution in [1.29, 1.82) is 0 Å². The third-order valence-electron chi connectivity index (χ3n) is 3.23. The molecule has 120 valence electrons. The average molecular weight is 315 g/mol. The molecule has 2 N–H and O–H groups in total. The molecule has 0 aliphatic heterocycles. The number of ether oxygens (including phenoxy) is 1. The maximum Gasteiger partial charge on any atom is 0.292 e. The van der Waals surface area contributed by atoms with Crippen LogP contribution in [-0.4, -0.2) is 24.0 Å². The Hall–Kier alpha value is -3.09. The summed E-state index contributed by atoms with van der Waals surface area (Å²) in [6.45, 7) is 1.66. The van der Waals surface area contributed by atoms with Crippen molar-refractivity contribution in [2.45, 2.75) is 13.0 Å². The van der Waals surface area contributed by atoms with E-state index in [2.05, 4.69) is 10.6 Å². The number of carbonyl (C=O) groups excluding carboxylic acids is 1. The minimum atomic E-state index is -0.605. The zero-order valence-corrected chi connectivity index (χ0v) is 12.8. The van der Waals surface area contributed by atoms with E-state index in [9.17, 15) is 14.9 Å². The third kappa shape index (κ3) is 3.97. The van der Waals surface area contributed by atoms with Crippen molar-refractivity contribution in [3.8, 4) is 5.75 Å². The first-order valence-electron chi connectivity index (χ1n) is 6.96. The van der Waals surface area contributed by atoms with Crippen LogP contribution in [0.25, 0.3) is 0 Å². The summed E-state index contributed by atoms with van der Waals surface area (Å²) >= 11 is 0. The number of anilines is 2. The number of hydrogen-bond acceptors (Lipinski definition) is 5. The fourth-order valence-corrected chi connectivity index (χ4v) is 2.04. The van der Waals surface area contributed by atoms with E-state index in [4.69, 9.17) is 4.74 Å². The molecule has 0 bridgehead atoms. The number of carbonyl (C=O) groups is 1. The Kier molecular flexibility index (Phi) is 5.14.